The van der Waals surface area contributed by atoms with E-state index in [0.717, 1.165) is 57.8 Å². The van der Waals surface area contributed by atoms with Crippen molar-refractivity contribution in [2.24, 2.45) is 118 Å². The number of carbonyl (C=O) groups excluding carboxylic acids is 15. The van der Waals surface area contributed by atoms with Crippen LogP contribution < -0.4 is 0 Å². The topological polar surface area (TPSA) is 394 Å². The zero-order valence-corrected chi connectivity index (χ0v) is 69.2. The van der Waals surface area contributed by atoms with E-state index in [0.29, 0.717) is 43.3 Å². The second-order valence-corrected chi connectivity index (χ2v) is 36.8. The minimum absolute atomic E-state index is 0.0405. The number of rotatable bonds is 22. The highest BCUT2D eigenvalue weighted by Gasteiger charge is 2.76. The van der Waals surface area contributed by atoms with E-state index >= 15 is 0 Å². The molecule has 0 amide bonds. The van der Waals surface area contributed by atoms with Crippen LogP contribution in [0.25, 0.3) is 0 Å². The fourth-order valence-electron chi connectivity index (χ4n) is 22.5. The van der Waals surface area contributed by atoms with E-state index < -0.39 is 241 Å². The third kappa shape index (κ3) is 17.3. The molecule has 12 saturated carbocycles. The molecule has 5 heterocycles. The average Bonchev–Trinajstić information content (AvgIpc) is 1.57. The number of alkyl halides is 7. The van der Waals surface area contributed by atoms with Crippen molar-refractivity contribution in [3.63, 3.8) is 0 Å². The van der Waals surface area contributed by atoms with Gasteiger partial charge in [0.05, 0.1) is 59.2 Å². The summed E-state index contributed by atoms with van der Waals surface area (Å²) in [6.07, 6.45) is -3.70. The van der Waals surface area contributed by atoms with Crippen molar-refractivity contribution >= 4 is 89.5 Å². The van der Waals surface area contributed by atoms with E-state index in [1.54, 1.807) is 41.5 Å². The van der Waals surface area contributed by atoms with Crippen LogP contribution in [-0.2, 0) is 143 Å². The SMILES string of the molecule is C=C(C)C(=O)OC1C2CC3C1OC(=O)C3C2C(=O)OC(C)(C)C.C=C(C)C(=O)OC1C2CC3C1OC(=O)C3C2C(=O)OC1(CC)CCCC1.C=C(C)C(=O)OC1C2CC3C1OC(=O)C3C2C(=O)OC1CCCC1.C=C(C)C(=O)OC1C2CC3C1OC(=O)C3C2C(=O)OCC(F)(F)C(F)F.C=C(C)C(=O)OC1C2CC3C1OC(=O)C3C2C(=O)OCC(F)(F)F. The molecule has 17 rings (SSSR count). The molecule has 0 radical (unpaired) electrons. The summed E-state index contributed by atoms with van der Waals surface area (Å²) in [5.74, 6) is -23.2. The number of fused-ring (bicyclic) bond motifs is 5. The molecular weight excluding hydrogens is 1650 g/mol. The van der Waals surface area contributed by atoms with Gasteiger partial charge in [0, 0.05) is 87.0 Å². The molecule has 0 aromatic carbocycles. The van der Waals surface area contributed by atoms with Crippen molar-refractivity contribution in [3.8, 4) is 0 Å². The molecule has 17 fully saturated rings. The van der Waals surface area contributed by atoms with Crippen molar-refractivity contribution in [1.82, 2.24) is 0 Å². The first-order valence-electron chi connectivity index (χ1n) is 41.7. The van der Waals surface area contributed by atoms with Gasteiger partial charge in [-0.2, -0.15) is 22.0 Å². The molecule has 30 unspecified atom stereocenters. The second kappa shape index (κ2) is 34.3. The van der Waals surface area contributed by atoms with Crippen LogP contribution in [0.4, 0.5) is 30.7 Å². The van der Waals surface area contributed by atoms with Crippen molar-refractivity contribution in [1.29, 1.82) is 0 Å². The van der Waals surface area contributed by atoms with Gasteiger partial charge in [-0.1, -0.05) is 39.8 Å². The largest absolute Gasteiger partial charge is 0.462 e. The van der Waals surface area contributed by atoms with Gasteiger partial charge in [-0.3, -0.25) is 47.9 Å². The lowest BCUT2D eigenvalue weighted by atomic mass is 9.78. The quantitative estimate of drug-likeness (QED) is 0.0422. The van der Waals surface area contributed by atoms with Gasteiger partial charge in [-0.25, -0.2) is 32.8 Å². The number of ether oxygens (including phenoxy) is 15. The molecule has 30 nitrogen and oxygen atoms in total. The first kappa shape index (κ1) is 91.0. The zero-order chi connectivity index (χ0) is 89.9. The molecule has 674 valence electrons. The first-order chi connectivity index (χ1) is 57.6. The molecule has 12 aliphatic carbocycles. The number of carbonyl (C=O) groups is 15. The van der Waals surface area contributed by atoms with Crippen LogP contribution >= 0.6 is 0 Å². The van der Waals surface area contributed by atoms with Gasteiger partial charge in [-0.15, -0.1) is 0 Å². The second-order valence-electron chi connectivity index (χ2n) is 36.8. The summed E-state index contributed by atoms with van der Waals surface area (Å²) < 4.78 is 167. The standard InChI is InChI=1S/C20H26O6.C18H22O6.C17H22O6.C16H16F4O6.C15H15F3O6/c1-4-20(7-5-6-8-20)26-19(23)14-12-9-11-13(14)18(22)25-16(11)15(12)24-17(21)10(2)3;1-8(2)16(19)23-14-10-7-11-13(18(21)24-15(11)14)12(10)17(20)22-9-5-3-4-6-9;1-7(2)14(18)21-12-9-6-8-10(15(19)22-13(8)12)11(9)16(20)23-17(3,4)5;1-5(2)12(21)25-10-6-3-7-9(14(23)26-11(7)10)8(6)13(22)24-4-16(19,20)15(17)18;1-5(2)12(19)23-10-6-3-7-9(14(21)24-11(7)10)8(6)13(20)22-4-15(16,17)18/h11-16H,2,4-9H2,1,3H3;9-15H,1,3-7H2,2H3;8-13H,1,6H2,2-5H3;6-11,15H,1,3-4H2,2H3;6-11H,1,3-4H2,2H3. The average molecular weight is 1750 g/mol. The molecule has 123 heavy (non-hydrogen) atoms. The van der Waals surface area contributed by atoms with E-state index in [1.165, 1.54) is 13.8 Å². The Balaban J connectivity index is 0.000000132. The van der Waals surface area contributed by atoms with Crippen LogP contribution in [0, 0.1) is 118 Å². The smallest absolute Gasteiger partial charge is 0.422 e. The Kier molecular flexibility index (Phi) is 25.4. The number of halogens is 7. The lowest BCUT2D eigenvalue weighted by Gasteiger charge is -2.34. The highest BCUT2D eigenvalue weighted by atomic mass is 19.4. The van der Waals surface area contributed by atoms with Crippen LogP contribution in [0.15, 0.2) is 60.8 Å². The summed E-state index contributed by atoms with van der Waals surface area (Å²) >= 11 is 0. The molecule has 17 aliphatic rings. The van der Waals surface area contributed by atoms with E-state index in [2.05, 4.69) is 42.4 Å². The summed E-state index contributed by atoms with van der Waals surface area (Å²) in [6, 6.07) is 0. The molecule has 0 N–H and O–H groups in total. The Labute approximate surface area is 702 Å². The van der Waals surface area contributed by atoms with Crippen LogP contribution in [-0.4, -0.2) is 200 Å². The molecule has 5 saturated heterocycles. The van der Waals surface area contributed by atoms with Gasteiger partial charge in [-0.05, 0) is 145 Å². The Morgan fingerprint density at radius 1 is 0.390 bits per heavy atom. The van der Waals surface area contributed by atoms with Crippen molar-refractivity contribution < 1.29 is 174 Å². The first-order valence-corrected chi connectivity index (χ1v) is 41.7. The van der Waals surface area contributed by atoms with Gasteiger partial charge in [0.1, 0.15) is 78.3 Å². The van der Waals surface area contributed by atoms with Crippen LogP contribution in [0.5, 0.6) is 0 Å². The van der Waals surface area contributed by atoms with E-state index in [4.69, 9.17) is 61.6 Å². The Hall–Kier alpha value is -9.74. The minimum atomic E-state index is -4.65. The van der Waals surface area contributed by atoms with Gasteiger partial charge >= 0.3 is 108 Å². The van der Waals surface area contributed by atoms with Gasteiger partial charge in [0.2, 0.25) is 0 Å². The monoisotopic (exact) mass is 1750 g/mol. The maximum atomic E-state index is 13.1. The fraction of sp³-hybridized carbons (Fsp3) is 0.709. The van der Waals surface area contributed by atoms with Crippen molar-refractivity contribution in [2.75, 3.05) is 13.2 Å². The van der Waals surface area contributed by atoms with Crippen LogP contribution in [0.3, 0.4) is 0 Å². The lowest BCUT2D eigenvalue weighted by molar-refractivity contribution is -0.192. The predicted molar refractivity (Wildman–Crippen MR) is 396 cm³/mol. The zero-order valence-electron chi connectivity index (χ0n) is 69.2. The molecule has 30 atom stereocenters. The summed E-state index contributed by atoms with van der Waals surface area (Å²) in [5, 5.41) is 0. The predicted octanol–water partition coefficient (Wildman–Crippen LogP) is 9.05. The molecule has 0 aromatic rings. The highest BCUT2D eigenvalue weighted by molar-refractivity contribution is 5.93. The van der Waals surface area contributed by atoms with E-state index in [-0.39, 0.29) is 94.1 Å². The Morgan fingerprint density at radius 2 is 0.659 bits per heavy atom. The number of hydrogen-bond acceptors (Lipinski definition) is 30. The normalized spacial score (nSPS) is 37.5. The Morgan fingerprint density at radius 3 is 0.919 bits per heavy atom. The van der Waals surface area contributed by atoms with E-state index in [1.807, 2.05) is 6.92 Å². The maximum absolute atomic E-state index is 13.1. The summed E-state index contributed by atoms with van der Waals surface area (Å²) in [6.45, 7) is 29.1. The van der Waals surface area contributed by atoms with Crippen LogP contribution in [0.1, 0.15) is 152 Å². The number of hydrogen-bond donors (Lipinski definition) is 0. The van der Waals surface area contributed by atoms with Crippen LogP contribution in [0.2, 0.25) is 0 Å². The van der Waals surface area contributed by atoms with Crippen molar-refractivity contribution in [3.05, 3.63) is 60.8 Å². The third-order valence-electron chi connectivity index (χ3n) is 27.6. The minimum Gasteiger partial charge on any atom is -0.462 e. The van der Waals surface area contributed by atoms with E-state index in [9.17, 15) is 103 Å². The van der Waals surface area contributed by atoms with Gasteiger partial charge < -0.3 is 71.1 Å². The summed E-state index contributed by atoms with van der Waals surface area (Å²) in [4.78, 5) is 183. The molecule has 37 heteroatoms. The van der Waals surface area contributed by atoms with Crippen molar-refractivity contribution in [2.45, 2.75) is 249 Å². The molecule has 10 bridgehead atoms. The highest BCUT2D eigenvalue weighted by Crippen LogP contribution is 2.65. The fourth-order valence-corrected chi connectivity index (χ4v) is 22.5. The third-order valence-corrected chi connectivity index (χ3v) is 27.6. The summed E-state index contributed by atoms with van der Waals surface area (Å²) in [7, 11) is 0. The summed E-state index contributed by atoms with van der Waals surface area (Å²) in [5.41, 5.74) is 0.0733. The molecule has 0 aromatic heterocycles. The maximum Gasteiger partial charge on any atom is 0.422 e. The number of esters is 15. The molecule has 5 aliphatic heterocycles. The molecule has 0 spiro atoms. The lowest BCUT2D eigenvalue weighted by Crippen LogP contribution is -2.45. The van der Waals surface area contributed by atoms with Gasteiger partial charge in [0.25, 0.3) is 0 Å². The Bertz CT molecular complexity index is 4400. The van der Waals surface area contributed by atoms with Gasteiger partial charge in [0.15, 0.2) is 13.2 Å². The molecular formula is C86H101F7O30.